The third-order valence-electron chi connectivity index (χ3n) is 5.09. The summed E-state index contributed by atoms with van der Waals surface area (Å²) in [6.45, 7) is 1.54. The lowest BCUT2D eigenvalue weighted by Gasteiger charge is -2.36. The highest BCUT2D eigenvalue weighted by Gasteiger charge is 2.27. The van der Waals surface area contributed by atoms with Gasteiger partial charge in [0.15, 0.2) is 0 Å². The lowest BCUT2D eigenvalue weighted by molar-refractivity contribution is 0.0628. The number of fused-ring (bicyclic) bond motifs is 1. The van der Waals surface area contributed by atoms with Crippen LogP contribution in [0.25, 0.3) is 10.8 Å². The van der Waals surface area contributed by atoms with Crippen LogP contribution in [0.1, 0.15) is 29.6 Å². The number of aromatic nitrogens is 1. The van der Waals surface area contributed by atoms with Crippen molar-refractivity contribution in [2.75, 3.05) is 18.4 Å². The first-order valence-corrected chi connectivity index (χ1v) is 9.26. The van der Waals surface area contributed by atoms with Gasteiger partial charge < -0.3 is 10.2 Å². The monoisotopic (exact) mass is 345 g/mol. The van der Waals surface area contributed by atoms with Gasteiger partial charge in [-0.05, 0) is 42.8 Å². The Morgan fingerprint density at radius 1 is 1.04 bits per heavy atom. The van der Waals surface area contributed by atoms with Crippen LogP contribution in [0.15, 0.2) is 66.9 Å². The normalized spacial score (nSPS) is 17.2. The van der Waals surface area contributed by atoms with Crippen LogP contribution in [0.4, 0.5) is 5.82 Å². The minimum Gasteiger partial charge on any atom is -0.367 e. The summed E-state index contributed by atoms with van der Waals surface area (Å²) in [5.41, 5.74) is 0.766. The molecule has 2 heterocycles. The molecule has 3 aromatic rings. The van der Waals surface area contributed by atoms with E-state index in [1.165, 1.54) is 5.39 Å². The number of hydrogen-bond acceptors (Lipinski definition) is 3. The van der Waals surface area contributed by atoms with Crippen molar-refractivity contribution in [1.29, 1.82) is 0 Å². The summed E-state index contributed by atoms with van der Waals surface area (Å²) in [7, 11) is 0. The second-order valence-corrected chi connectivity index (χ2v) is 6.78. The van der Waals surface area contributed by atoms with Crippen LogP contribution in [-0.2, 0) is 0 Å². The van der Waals surface area contributed by atoms with E-state index in [0.29, 0.717) is 0 Å². The Balaban J connectivity index is 1.51. The molecule has 1 aromatic heterocycles. The number of pyridine rings is 1. The van der Waals surface area contributed by atoms with Crippen molar-refractivity contribution in [1.82, 2.24) is 9.88 Å². The van der Waals surface area contributed by atoms with Crippen molar-refractivity contribution in [3.05, 3.63) is 72.4 Å². The molecular formula is C22H23N3O. The molecular weight excluding hydrogens is 322 g/mol. The van der Waals surface area contributed by atoms with Gasteiger partial charge >= 0.3 is 0 Å². The van der Waals surface area contributed by atoms with Crippen LogP contribution in [0.5, 0.6) is 0 Å². The van der Waals surface area contributed by atoms with Crippen LogP contribution < -0.4 is 5.32 Å². The van der Waals surface area contributed by atoms with Gasteiger partial charge in [-0.2, -0.15) is 0 Å². The Labute approximate surface area is 153 Å². The number of benzene rings is 2. The molecule has 0 aliphatic carbocycles. The Bertz CT molecular complexity index is 889. The topological polar surface area (TPSA) is 45.2 Å². The van der Waals surface area contributed by atoms with Crippen LogP contribution >= 0.6 is 0 Å². The van der Waals surface area contributed by atoms with Crippen molar-refractivity contribution in [2.24, 2.45) is 0 Å². The summed E-state index contributed by atoms with van der Waals surface area (Å²) < 4.78 is 0. The van der Waals surface area contributed by atoms with Crippen LogP contribution in [0.3, 0.4) is 0 Å². The van der Waals surface area contributed by atoms with E-state index < -0.39 is 0 Å². The molecule has 1 fully saturated rings. The van der Waals surface area contributed by atoms with Gasteiger partial charge in [0.2, 0.25) is 0 Å². The van der Waals surface area contributed by atoms with Crippen molar-refractivity contribution in [2.45, 2.75) is 25.3 Å². The van der Waals surface area contributed by atoms with Gasteiger partial charge in [-0.3, -0.25) is 4.79 Å². The van der Waals surface area contributed by atoms with E-state index in [2.05, 4.69) is 22.4 Å². The number of anilines is 1. The number of nitrogens with one attached hydrogen (secondary N) is 1. The number of likely N-dealkylation sites (tertiary alicyclic amines) is 1. The zero-order valence-electron chi connectivity index (χ0n) is 14.8. The highest BCUT2D eigenvalue weighted by atomic mass is 16.2. The van der Waals surface area contributed by atoms with E-state index in [1.807, 2.05) is 59.6 Å². The summed E-state index contributed by atoms with van der Waals surface area (Å²) in [5.74, 6) is 1.02. The van der Waals surface area contributed by atoms with E-state index in [9.17, 15) is 4.79 Å². The summed E-state index contributed by atoms with van der Waals surface area (Å²) in [6, 6.07) is 20.0. The van der Waals surface area contributed by atoms with Gasteiger partial charge in [-0.15, -0.1) is 0 Å². The van der Waals surface area contributed by atoms with E-state index in [1.54, 1.807) is 0 Å². The minimum absolute atomic E-state index is 0.128. The van der Waals surface area contributed by atoms with Crippen LogP contribution in [-0.4, -0.2) is 34.9 Å². The van der Waals surface area contributed by atoms with Crippen molar-refractivity contribution < 1.29 is 4.79 Å². The van der Waals surface area contributed by atoms with Gasteiger partial charge in [0, 0.05) is 36.3 Å². The molecule has 4 rings (SSSR count). The number of rotatable bonds is 4. The van der Waals surface area contributed by atoms with Gasteiger partial charge in [0.25, 0.3) is 5.91 Å². The molecule has 1 aliphatic rings. The Morgan fingerprint density at radius 2 is 1.85 bits per heavy atom. The fraction of sp³-hybridized carbons (Fsp3) is 0.273. The maximum atomic E-state index is 12.9. The molecule has 132 valence electrons. The summed E-state index contributed by atoms with van der Waals surface area (Å²) >= 11 is 0. The number of carbonyl (C=O) groups excluding carboxylic acids is 1. The van der Waals surface area contributed by atoms with Crippen LogP contribution in [0, 0.1) is 0 Å². The maximum Gasteiger partial charge on any atom is 0.254 e. The molecule has 0 saturated carbocycles. The highest BCUT2D eigenvalue weighted by molar-refractivity contribution is 5.94. The number of carbonyl (C=O) groups is 1. The van der Waals surface area contributed by atoms with Crippen molar-refractivity contribution >= 4 is 22.5 Å². The maximum absolute atomic E-state index is 12.9. The number of nitrogens with zero attached hydrogens (tertiary/aromatic N) is 2. The van der Waals surface area contributed by atoms with Gasteiger partial charge in [-0.25, -0.2) is 4.98 Å². The molecule has 1 unspecified atom stereocenters. The largest absolute Gasteiger partial charge is 0.367 e. The zero-order chi connectivity index (χ0) is 17.8. The third-order valence-corrected chi connectivity index (χ3v) is 5.09. The molecule has 0 bridgehead atoms. The number of piperidine rings is 1. The molecule has 2 aromatic carbocycles. The Morgan fingerprint density at radius 3 is 2.73 bits per heavy atom. The molecule has 1 saturated heterocycles. The minimum atomic E-state index is 0.128. The molecule has 0 radical (unpaired) electrons. The first-order valence-electron chi connectivity index (χ1n) is 9.26. The second kappa shape index (κ2) is 7.56. The predicted octanol–water partition coefficient (Wildman–Crippen LogP) is 4.34. The van der Waals surface area contributed by atoms with Gasteiger partial charge in [0.05, 0.1) is 0 Å². The molecule has 1 amide bonds. The molecule has 1 N–H and O–H groups in total. The standard InChI is InChI=1S/C22H23N3O/c26-22(18-9-2-1-3-10-18)25-15-7-6-11-19(25)16-24-21-20-12-5-4-8-17(20)13-14-23-21/h1-5,8-10,12-14,19H,6-7,11,15-16H2,(H,23,24). The SMILES string of the molecule is O=C(c1ccccc1)N1CCCCC1CNc1nccc2ccccc12. The van der Waals surface area contributed by atoms with Gasteiger partial charge in [-0.1, -0.05) is 42.5 Å². The lowest BCUT2D eigenvalue weighted by atomic mass is 10.0. The average molecular weight is 345 g/mol. The van der Waals surface area contributed by atoms with E-state index in [4.69, 9.17) is 0 Å². The molecule has 1 atom stereocenters. The van der Waals surface area contributed by atoms with Gasteiger partial charge in [0.1, 0.15) is 5.82 Å². The van der Waals surface area contributed by atoms with E-state index in [-0.39, 0.29) is 11.9 Å². The van der Waals surface area contributed by atoms with Crippen molar-refractivity contribution in [3.63, 3.8) is 0 Å². The van der Waals surface area contributed by atoms with Crippen molar-refractivity contribution in [3.8, 4) is 0 Å². The highest BCUT2D eigenvalue weighted by Crippen LogP contribution is 2.23. The summed E-state index contributed by atoms with van der Waals surface area (Å²) in [6.07, 6.45) is 5.09. The zero-order valence-corrected chi connectivity index (χ0v) is 14.8. The first-order chi connectivity index (χ1) is 12.8. The smallest absolute Gasteiger partial charge is 0.254 e. The quantitative estimate of drug-likeness (QED) is 0.765. The molecule has 1 aliphatic heterocycles. The Kier molecular flexibility index (Phi) is 4.82. The lowest BCUT2D eigenvalue weighted by Crippen LogP contribution is -2.47. The fourth-order valence-corrected chi connectivity index (χ4v) is 3.70. The predicted molar refractivity (Wildman–Crippen MR) is 105 cm³/mol. The summed E-state index contributed by atoms with van der Waals surface area (Å²) in [4.78, 5) is 19.4. The van der Waals surface area contributed by atoms with E-state index in [0.717, 1.165) is 49.1 Å². The summed E-state index contributed by atoms with van der Waals surface area (Å²) in [5, 5.41) is 5.78. The first kappa shape index (κ1) is 16.6. The second-order valence-electron chi connectivity index (χ2n) is 6.78. The average Bonchev–Trinajstić information content (AvgIpc) is 2.72. The van der Waals surface area contributed by atoms with E-state index >= 15 is 0 Å². The number of hydrogen-bond donors (Lipinski definition) is 1. The third kappa shape index (κ3) is 3.40. The molecule has 0 spiro atoms. The fourth-order valence-electron chi connectivity index (χ4n) is 3.70. The number of amides is 1. The Hall–Kier alpha value is -2.88. The molecule has 26 heavy (non-hydrogen) atoms. The van der Waals surface area contributed by atoms with Crippen LogP contribution in [0.2, 0.25) is 0 Å². The molecule has 4 nitrogen and oxygen atoms in total. The molecule has 4 heteroatoms.